The lowest BCUT2D eigenvalue weighted by molar-refractivity contribution is -0.117. The van der Waals surface area contributed by atoms with Crippen molar-refractivity contribution in [2.24, 2.45) is 0 Å². The Labute approximate surface area is 176 Å². The number of rotatable bonds is 4. The van der Waals surface area contributed by atoms with E-state index in [1.807, 2.05) is 17.0 Å². The zero-order valence-corrected chi connectivity index (χ0v) is 17.1. The van der Waals surface area contributed by atoms with Crippen LogP contribution in [0.15, 0.2) is 48.5 Å². The summed E-state index contributed by atoms with van der Waals surface area (Å²) in [5.74, 6) is -0.546. The monoisotopic (exact) mass is 431 g/mol. The first kappa shape index (κ1) is 19.8. The molecule has 0 spiro atoms. The molecule has 1 N–H and O–H groups in total. The molecule has 8 heteroatoms. The van der Waals surface area contributed by atoms with Crippen molar-refractivity contribution in [2.75, 3.05) is 38.0 Å². The standard InChI is InChI=1S/C21H19ClFN3O2S/c22-15-4-1-2-6-17(15)24-20(27)13-25-8-10-26(11-9-25)21(28)19-12-14-16(23)5-3-7-18(14)29-19/h1-7,12H,8-11,13H2,(H,24,27). The van der Waals surface area contributed by atoms with Crippen LogP contribution in [0.3, 0.4) is 0 Å². The molecule has 0 radical (unpaired) electrons. The second-order valence-corrected chi connectivity index (χ2v) is 8.35. The maximum absolute atomic E-state index is 13.9. The minimum absolute atomic E-state index is 0.0919. The van der Waals surface area contributed by atoms with Gasteiger partial charge in [0, 0.05) is 36.3 Å². The van der Waals surface area contributed by atoms with Crippen molar-refractivity contribution < 1.29 is 14.0 Å². The predicted octanol–water partition coefficient (Wildman–Crippen LogP) is 4.09. The van der Waals surface area contributed by atoms with Gasteiger partial charge in [0.1, 0.15) is 5.82 Å². The molecule has 5 nitrogen and oxygen atoms in total. The fourth-order valence-corrected chi connectivity index (χ4v) is 4.58. The molecule has 0 saturated carbocycles. The van der Waals surface area contributed by atoms with Crippen LogP contribution in [-0.2, 0) is 4.79 Å². The van der Waals surface area contributed by atoms with Crippen molar-refractivity contribution in [1.82, 2.24) is 9.80 Å². The molecule has 2 aromatic carbocycles. The van der Waals surface area contributed by atoms with E-state index >= 15 is 0 Å². The smallest absolute Gasteiger partial charge is 0.264 e. The lowest BCUT2D eigenvalue weighted by Crippen LogP contribution is -2.50. The second kappa shape index (κ2) is 8.49. The fourth-order valence-electron chi connectivity index (χ4n) is 3.35. The van der Waals surface area contributed by atoms with Gasteiger partial charge in [-0.3, -0.25) is 14.5 Å². The summed E-state index contributed by atoms with van der Waals surface area (Å²) in [5, 5.41) is 3.79. The lowest BCUT2D eigenvalue weighted by Gasteiger charge is -2.34. The van der Waals surface area contributed by atoms with Gasteiger partial charge in [0.25, 0.3) is 5.91 Å². The van der Waals surface area contributed by atoms with E-state index in [-0.39, 0.29) is 24.2 Å². The highest BCUT2D eigenvalue weighted by Crippen LogP contribution is 2.28. The average molecular weight is 432 g/mol. The Kier molecular flexibility index (Phi) is 5.80. The summed E-state index contributed by atoms with van der Waals surface area (Å²) in [5.41, 5.74) is 0.588. The Morgan fingerprint density at radius 3 is 2.55 bits per heavy atom. The number of nitrogens with zero attached hydrogens (tertiary/aromatic N) is 2. The molecule has 4 rings (SSSR count). The van der Waals surface area contributed by atoms with Crippen molar-refractivity contribution in [2.45, 2.75) is 0 Å². The predicted molar refractivity (Wildman–Crippen MR) is 114 cm³/mol. The fraction of sp³-hybridized carbons (Fsp3) is 0.238. The number of carbonyl (C=O) groups excluding carboxylic acids is 2. The number of hydrogen-bond donors (Lipinski definition) is 1. The normalized spacial score (nSPS) is 14.9. The Hall–Kier alpha value is -2.48. The summed E-state index contributed by atoms with van der Waals surface area (Å²) < 4.78 is 14.7. The quantitative estimate of drug-likeness (QED) is 0.677. The molecule has 3 aromatic rings. The number of piperazine rings is 1. The molecule has 1 aliphatic heterocycles. The number of fused-ring (bicyclic) bond motifs is 1. The third-order valence-electron chi connectivity index (χ3n) is 4.89. The molecule has 2 heterocycles. The summed E-state index contributed by atoms with van der Waals surface area (Å²) >= 11 is 7.37. The zero-order valence-electron chi connectivity index (χ0n) is 15.5. The van der Waals surface area contributed by atoms with Crippen LogP contribution in [-0.4, -0.2) is 54.3 Å². The highest BCUT2D eigenvalue weighted by atomic mass is 35.5. The van der Waals surface area contributed by atoms with Crippen LogP contribution < -0.4 is 5.32 Å². The summed E-state index contributed by atoms with van der Waals surface area (Å²) in [6, 6.07) is 13.6. The summed E-state index contributed by atoms with van der Waals surface area (Å²) in [6.45, 7) is 2.48. The molecule has 0 atom stereocenters. The first-order valence-electron chi connectivity index (χ1n) is 9.25. The van der Waals surface area contributed by atoms with Gasteiger partial charge < -0.3 is 10.2 Å². The second-order valence-electron chi connectivity index (χ2n) is 6.86. The van der Waals surface area contributed by atoms with Crippen LogP contribution in [0, 0.1) is 5.82 Å². The minimum atomic E-state index is -0.313. The largest absolute Gasteiger partial charge is 0.335 e. The van der Waals surface area contributed by atoms with Gasteiger partial charge in [0.05, 0.1) is 22.1 Å². The Morgan fingerprint density at radius 1 is 1.07 bits per heavy atom. The van der Waals surface area contributed by atoms with Gasteiger partial charge in [0.15, 0.2) is 0 Å². The van der Waals surface area contributed by atoms with E-state index in [4.69, 9.17) is 11.6 Å². The van der Waals surface area contributed by atoms with Crippen molar-refractivity contribution in [3.05, 3.63) is 64.2 Å². The first-order valence-corrected chi connectivity index (χ1v) is 10.4. The van der Waals surface area contributed by atoms with E-state index < -0.39 is 0 Å². The number of amides is 2. The maximum Gasteiger partial charge on any atom is 0.264 e. The van der Waals surface area contributed by atoms with Crippen molar-refractivity contribution in [3.8, 4) is 0 Å². The van der Waals surface area contributed by atoms with Crippen molar-refractivity contribution >= 4 is 50.5 Å². The molecular formula is C21H19ClFN3O2S. The van der Waals surface area contributed by atoms with Gasteiger partial charge in [-0.05, 0) is 30.3 Å². The summed E-state index contributed by atoms with van der Waals surface area (Å²) in [4.78, 5) is 29.4. The molecule has 29 heavy (non-hydrogen) atoms. The van der Waals surface area contributed by atoms with Crippen molar-refractivity contribution in [1.29, 1.82) is 0 Å². The molecule has 150 valence electrons. The molecular weight excluding hydrogens is 413 g/mol. The van der Waals surface area contributed by atoms with Crippen LogP contribution >= 0.6 is 22.9 Å². The summed E-state index contributed by atoms with van der Waals surface area (Å²) in [6.07, 6.45) is 0. The van der Waals surface area contributed by atoms with E-state index in [1.54, 1.807) is 35.2 Å². The highest BCUT2D eigenvalue weighted by molar-refractivity contribution is 7.20. The van der Waals surface area contributed by atoms with Gasteiger partial charge in [0.2, 0.25) is 5.91 Å². The third-order valence-corrected chi connectivity index (χ3v) is 6.31. The molecule has 2 amide bonds. The minimum Gasteiger partial charge on any atom is -0.335 e. The number of halogens is 2. The number of para-hydroxylation sites is 1. The summed E-state index contributed by atoms with van der Waals surface area (Å²) in [7, 11) is 0. The SMILES string of the molecule is O=C(CN1CCN(C(=O)c2cc3c(F)cccc3s2)CC1)Nc1ccccc1Cl. The van der Waals surface area contributed by atoms with Crippen LogP contribution in [0.25, 0.3) is 10.1 Å². The van der Waals surface area contributed by atoms with E-state index in [1.165, 1.54) is 17.4 Å². The van der Waals surface area contributed by atoms with E-state index in [2.05, 4.69) is 5.32 Å². The van der Waals surface area contributed by atoms with Gasteiger partial charge >= 0.3 is 0 Å². The third kappa shape index (κ3) is 4.42. The average Bonchev–Trinajstić information content (AvgIpc) is 3.15. The van der Waals surface area contributed by atoms with E-state index in [9.17, 15) is 14.0 Å². The highest BCUT2D eigenvalue weighted by Gasteiger charge is 2.25. The molecule has 1 aromatic heterocycles. The van der Waals surface area contributed by atoms with Gasteiger partial charge in [-0.25, -0.2) is 4.39 Å². The Morgan fingerprint density at radius 2 is 1.83 bits per heavy atom. The van der Waals surface area contributed by atoms with Crippen LogP contribution in [0.1, 0.15) is 9.67 Å². The molecule has 1 fully saturated rings. The lowest BCUT2D eigenvalue weighted by atomic mass is 10.2. The van der Waals surface area contributed by atoms with Gasteiger partial charge in [-0.2, -0.15) is 0 Å². The molecule has 1 saturated heterocycles. The molecule has 1 aliphatic rings. The molecule has 0 unspecified atom stereocenters. The number of hydrogen-bond acceptors (Lipinski definition) is 4. The molecule has 0 aliphatic carbocycles. The number of carbonyl (C=O) groups is 2. The van der Waals surface area contributed by atoms with Crippen LogP contribution in [0.4, 0.5) is 10.1 Å². The van der Waals surface area contributed by atoms with E-state index in [0.29, 0.717) is 47.2 Å². The zero-order chi connectivity index (χ0) is 20.4. The van der Waals surface area contributed by atoms with Gasteiger partial charge in [-0.1, -0.05) is 29.8 Å². The van der Waals surface area contributed by atoms with Crippen molar-refractivity contribution in [3.63, 3.8) is 0 Å². The maximum atomic E-state index is 13.9. The molecule has 0 bridgehead atoms. The van der Waals surface area contributed by atoms with Gasteiger partial charge in [-0.15, -0.1) is 11.3 Å². The number of benzene rings is 2. The Balaban J connectivity index is 1.32. The topological polar surface area (TPSA) is 52.7 Å². The number of anilines is 1. The Bertz CT molecular complexity index is 1060. The first-order chi connectivity index (χ1) is 14.0. The number of nitrogens with one attached hydrogen (secondary N) is 1. The van der Waals surface area contributed by atoms with E-state index in [0.717, 1.165) is 4.70 Å². The van der Waals surface area contributed by atoms with Crippen LogP contribution in [0.5, 0.6) is 0 Å². The number of thiophene rings is 1. The van der Waals surface area contributed by atoms with Crippen LogP contribution in [0.2, 0.25) is 5.02 Å².